The summed E-state index contributed by atoms with van der Waals surface area (Å²) in [5.41, 5.74) is 3.94. The fraction of sp³-hybridized carbons (Fsp3) is 0.412. The standard InChI is InChI=1S/C34H40FNO6/c1-21-13-15-25(22(2)31(21)32(37)38)27-19-24(41-29-12-8-7-11-26(27)29)10-9-17-36(33(39)42-34(3,4)5)20-23-14-16-28(35)30(18-23)40-6/h7-8,11-16,18,24,27H,9-10,17,19-20H2,1-6H3,(H,37,38). The third-order valence-corrected chi connectivity index (χ3v) is 7.59. The third-order valence-electron chi connectivity index (χ3n) is 7.59. The van der Waals surface area contributed by atoms with Crippen LogP contribution in [0.1, 0.15) is 84.1 Å². The monoisotopic (exact) mass is 577 g/mol. The molecule has 4 rings (SSSR count). The second kappa shape index (κ2) is 12.8. The Balaban J connectivity index is 1.53. The molecular formula is C34H40FNO6. The first-order valence-corrected chi connectivity index (χ1v) is 14.3. The van der Waals surface area contributed by atoms with Gasteiger partial charge in [0, 0.05) is 24.6 Å². The van der Waals surface area contributed by atoms with Gasteiger partial charge in [-0.3, -0.25) is 0 Å². The molecule has 1 aliphatic heterocycles. The molecule has 3 aromatic rings. The van der Waals surface area contributed by atoms with E-state index in [4.69, 9.17) is 14.2 Å². The fourth-order valence-electron chi connectivity index (χ4n) is 5.63. The molecule has 1 aliphatic rings. The van der Waals surface area contributed by atoms with E-state index in [1.54, 1.807) is 17.0 Å². The predicted molar refractivity (Wildman–Crippen MR) is 159 cm³/mol. The zero-order valence-electron chi connectivity index (χ0n) is 25.2. The van der Waals surface area contributed by atoms with Crippen molar-refractivity contribution in [2.45, 2.75) is 78.0 Å². The highest BCUT2D eigenvalue weighted by atomic mass is 19.1. The van der Waals surface area contributed by atoms with Gasteiger partial charge in [0.2, 0.25) is 0 Å². The van der Waals surface area contributed by atoms with Crippen LogP contribution in [-0.4, -0.2) is 47.4 Å². The average Bonchev–Trinajstić information content (AvgIpc) is 2.92. The molecule has 0 bridgehead atoms. The van der Waals surface area contributed by atoms with Crippen LogP contribution < -0.4 is 9.47 Å². The van der Waals surface area contributed by atoms with Crippen molar-refractivity contribution in [3.63, 3.8) is 0 Å². The smallest absolute Gasteiger partial charge is 0.410 e. The number of hydrogen-bond acceptors (Lipinski definition) is 5. The van der Waals surface area contributed by atoms with Crippen molar-refractivity contribution in [3.05, 3.63) is 93.8 Å². The van der Waals surface area contributed by atoms with E-state index in [9.17, 15) is 19.1 Å². The Bertz CT molecular complexity index is 1450. The number of halogens is 1. The number of methoxy groups -OCH3 is 1. The molecular weight excluding hydrogens is 537 g/mol. The number of fused-ring (bicyclic) bond motifs is 1. The summed E-state index contributed by atoms with van der Waals surface area (Å²) < 4.78 is 31.2. The number of carbonyl (C=O) groups is 2. The highest BCUT2D eigenvalue weighted by Gasteiger charge is 2.32. The van der Waals surface area contributed by atoms with Gasteiger partial charge in [-0.2, -0.15) is 0 Å². The number of aromatic carboxylic acids is 1. The molecule has 0 radical (unpaired) electrons. The summed E-state index contributed by atoms with van der Waals surface area (Å²) in [6.07, 6.45) is 1.42. The van der Waals surface area contributed by atoms with Crippen LogP contribution in [0.15, 0.2) is 54.6 Å². The number of carbonyl (C=O) groups excluding carboxylic acids is 1. The van der Waals surface area contributed by atoms with Crippen LogP contribution in [0.5, 0.6) is 11.5 Å². The van der Waals surface area contributed by atoms with E-state index in [0.29, 0.717) is 31.4 Å². The van der Waals surface area contributed by atoms with E-state index in [0.717, 1.165) is 33.6 Å². The lowest BCUT2D eigenvalue weighted by Gasteiger charge is -2.34. The number of amides is 1. The SMILES string of the molecule is COc1cc(CN(CCCC2CC(c3ccc(C)c(C(=O)O)c3C)c3ccccc3O2)C(=O)OC(C)(C)C)ccc1F. The Hall–Kier alpha value is -4.07. The number of ether oxygens (including phenoxy) is 3. The second-order valence-corrected chi connectivity index (χ2v) is 11.9. The second-order valence-electron chi connectivity index (χ2n) is 11.9. The van der Waals surface area contributed by atoms with Gasteiger partial charge in [-0.25, -0.2) is 14.0 Å². The van der Waals surface area contributed by atoms with Gasteiger partial charge in [0.1, 0.15) is 11.4 Å². The molecule has 2 atom stereocenters. The van der Waals surface area contributed by atoms with Gasteiger partial charge in [-0.1, -0.05) is 36.4 Å². The molecule has 0 aliphatic carbocycles. The summed E-state index contributed by atoms with van der Waals surface area (Å²) in [5, 5.41) is 9.86. The Kier molecular flexibility index (Phi) is 9.44. The first kappa shape index (κ1) is 30.9. The molecule has 0 saturated heterocycles. The molecule has 1 amide bonds. The lowest BCUT2D eigenvalue weighted by molar-refractivity contribution is 0.0222. The molecule has 0 aromatic heterocycles. The Morgan fingerprint density at radius 3 is 2.50 bits per heavy atom. The maximum absolute atomic E-state index is 14.0. The van der Waals surface area contributed by atoms with Crippen molar-refractivity contribution >= 4 is 12.1 Å². The van der Waals surface area contributed by atoms with E-state index in [-0.39, 0.29) is 24.3 Å². The number of benzene rings is 3. The zero-order valence-corrected chi connectivity index (χ0v) is 25.2. The summed E-state index contributed by atoms with van der Waals surface area (Å²) in [6, 6.07) is 16.4. The molecule has 224 valence electrons. The molecule has 42 heavy (non-hydrogen) atoms. The number of aryl methyl sites for hydroxylation is 1. The predicted octanol–water partition coefficient (Wildman–Crippen LogP) is 7.65. The molecule has 2 unspecified atom stereocenters. The quantitative estimate of drug-likeness (QED) is 0.281. The minimum Gasteiger partial charge on any atom is -0.494 e. The Labute approximate surface area is 247 Å². The number of hydrogen-bond donors (Lipinski definition) is 1. The summed E-state index contributed by atoms with van der Waals surface area (Å²) >= 11 is 0. The summed E-state index contributed by atoms with van der Waals surface area (Å²) in [7, 11) is 1.41. The van der Waals surface area contributed by atoms with Gasteiger partial charge in [0.05, 0.1) is 18.8 Å². The normalized spacial score (nSPS) is 16.3. The third kappa shape index (κ3) is 7.22. The minimum absolute atomic E-state index is 0.0210. The van der Waals surface area contributed by atoms with Crippen LogP contribution in [0.3, 0.4) is 0 Å². The summed E-state index contributed by atoms with van der Waals surface area (Å²) in [4.78, 5) is 26.8. The van der Waals surface area contributed by atoms with Gasteiger partial charge in [-0.15, -0.1) is 0 Å². The highest BCUT2D eigenvalue weighted by Crippen LogP contribution is 2.43. The van der Waals surface area contributed by atoms with E-state index in [1.165, 1.54) is 13.2 Å². The first-order chi connectivity index (χ1) is 19.9. The summed E-state index contributed by atoms with van der Waals surface area (Å²) in [5.74, 6) is -0.502. The van der Waals surface area contributed by atoms with Gasteiger partial charge in [0.15, 0.2) is 11.6 Å². The van der Waals surface area contributed by atoms with Crippen molar-refractivity contribution < 1.29 is 33.3 Å². The van der Waals surface area contributed by atoms with E-state index >= 15 is 0 Å². The lowest BCUT2D eigenvalue weighted by Crippen LogP contribution is -2.37. The van der Waals surface area contributed by atoms with Crippen LogP contribution in [0.2, 0.25) is 0 Å². The maximum atomic E-state index is 14.0. The fourth-order valence-corrected chi connectivity index (χ4v) is 5.63. The number of carboxylic acid groups (broad SMARTS) is 1. The molecule has 7 nitrogen and oxygen atoms in total. The van der Waals surface area contributed by atoms with Crippen molar-refractivity contribution in [1.82, 2.24) is 4.90 Å². The molecule has 0 spiro atoms. The summed E-state index contributed by atoms with van der Waals surface area (Å²) in [6.45, 7) is 9.80. The van der Waals surface area contributed by atoms with Gasteiger partial charge in [0.25, 0.3) is 0 Å². The Morgan fingerprint density at radius 2 is 1.81 bits per heavy atom. The van der Waals surface area contributed by atoms with Crippen LogP contribution in [0.25, 0.3) is 0 Å². The highest BCUT2D eigenvalue weighted by molar-refractivity contribution is 5.91. The van der Waals surface area contributed by atoms with Crippen molar-refractivity contribution in [3.8, 4) is 11.5 Å². The van der Waals surface area contributed by atoms with E-state index in [2.05, 4.69) is 0 Å². The molecule has 0 fully saturated rings. The van der Waals surface area contributed by atoms with Gasteiger partial charge in [-0.05, 0) is 94.3 Å². The molecule has 1 N–H and O–H groups in total. The van der Waals surface area contributed by atoms with Crippen molar-refractivity contribution in [2.24, 2.45) is 0 Å². The van der Waals surface area contributed by atoms with E-state index < -0.39 is 23.5 Å². The Morgan fingerprint density at radius 1 is 1.07 bits per heavy atom. The molecule has 3 aromatic carbocycles. The molecule has 0 saturated carbocycles. The number of para-hydroxylation sites is 1. The van der Waals surface area contributed by atoms with Crippen molar-refractivity contribution in [1.29, 1.82) is 0 Å². The van der Waals surface area contributed by atoms with Crippen LogP contribution >= 0.6 is 0 Å². The zero-order chi connectivity index (χ0) is 30.6. The first-order valence-electron chi connectivity index (χ1n) is 14.3. The topological polar surface area (TPSA) is 85.3 Å². The molecule has 8 heteroatoms. The van der Waals surface area contributed by atoms with Crippen molar-refractivity contribution in [2.75, 3.05) is 13.7 Å². The maximum Gasteiger partial charge on any atom is 0.410 e. The van der Waals surface area contributed by atoms with Gasteiger partial charge >= 0.3 is 12.1 Å². The number of carboxylic acids is 1. The van der Waals surface area contributed by atoms with Crippen LogP contribution in [0.4, 0.5) is 9.18 Å². The van der Waals surface area contributed by atoms with Crippen LogP contribution in [0, 0.1) is 19.7 Å². The number of nitrogens with zero attached hydrogens (tertiary/aromatic N) is 1. The van der Waals surface area contributed by atoms with Crippen LogP contribution in [-0.2, 0) is 11.3 Å². The molecule has 1 heterocycles. The van der Waals surface area contributed by atoms with E-state index in [1.807, 2.05) is 71.0 Å². The number of rotatable bonds is 9. The lowest BCUT2D eigenvalue weighted by atomic mass is 9.80. The minimum atomic E-state index is -0.926. The average molecular weight is 578 g/mol. The van der Waals surface area contributed by atoms with Gasteiger partial charge < -0.3 is 24.2 Å². The largest absolute Gasteiger partial charge is 0.494 e.